The van der Waals surface area contributed by atoms with Gasteiger partial charge in [0.2, 0.25) is 0 Å². The molecule has 0 amide bonds. The van der Waals surface area contributed by atoms with Gasteiger partial charge in [-0.1, -0.05) is 35.9 Å². The minimum absolute atomic E-state index is 0.169. The lowest BCUT2D eigenvalue weighted by Gasteiger charge is -2.16. The molecule has 0 aliphatic rings. The summed E-state index contributed by atoms with van der Waals surface area (Å²) < 4.78 is 5.13. The minimum Gasteiger partial charge on any atom is -0.504 e. The smallest absolute Gasteiger partial charge is 0.160 e. The summed E-state index contributed by atoms with van der Waals surface area (Å²) in [6, 6.07) is 14.1. The number of phenolic OH excluding ortho intramolecular Hbond substituents is 1. The van der Waals surface area contributed by atoms with Gasteiger partial charge >= 0.3 is 0 Å². The van der Waals surface area contributed by atoms with E-state index in [4.69, 9.17) is 4.74 Å². The summed E-state index contributed by atoms with van der Waals surface area (Å²) in [5.74, 6) is 0.675. The Hall–Kier alpha value is -2.00. The van der Waals surface area contributed by atoms with E-state index in [2.05, 4.69) is 43.4 Å². The second kappa shape index (κ2) is 6.44. The van der Waals surface area contributed by atoms with Crippen LogP contribution in [0.4, 0.5) is 0 Å². The van der Waals surface area contributed by atoms with E-state index < -0.39 is 0 Å². The maximum atomic E-state index is 9.61. The Labute approximate surface area is 120 Å². The van der Waals surface area contributed by atoms with Crippen LogP contribution in [-0.4, -0.2) is 12.2 Å². The molecule has 0 saturated carbocycles. The third-order valence-corrected chi connectivity index (χ3v) is 3.44. The molecule has 2 aromatic carbocycles. The summed E-state index contributed by atoms with van der Waals surface area (Å²) >= 11 is 0. The monoisotopic (exact) mass is 271 g/mol. The van der Waals surface area contributed by atoms with Crippen molar-refractivity contribution >= 4 is 0 Å². The number of aryl methyl sites for hydroxylation is 1. The molecule has 0 aromatic heterocycles. The molecular weight excluding hydrogens is 250 g/mol. The van der Waals surface area contributed by atoms with E-state index in [9.17, 15) is 5.11 Å². The second-order valence-corrected chi connectivity index (χ2v) is 5.02. The molecule has 106 valence electrons. The molecule has 2 aromatic rings. The lowest BCUT2D eigenvalue weighted by Crippen LogP contribution is -2.18. The Morgan fingerprint density at radius 3 is 2.50 bits per heavy atom. The fourth-order valence-electron chi connectivity index (χ4n) is 2.06. The van der Waals surface area contributed by atoms with Crippen LogP contribution < -0.4 is 10.1 Å². The highest BCUT2D eigenvalue weighted by Crippen LogP contribution is 2.28. The van der Waals surface area contributed by atoms with Gasteiger partial charge in [-0.3, -0.25) is 0 Å². The molecule has 0 heterocycles. The first kappa shape index (κ1) is 14.4. The maximum absolute atomic E-state index is 9.61. The first-order chi connectivity index (χ1) is 9.60. The van der Waals surface area contributed by atoms with Crippen LogP contribution in [0.15, 0.2) is 42.5 Å². The zero-order chi connectivity index (χ0) is 14.5. The van der Waals surface area contributed by atoms with Crippen LogP contribution in [0.2, 0.25) is 0 Å². The molecule has 0 aliphatic carbocycles. The van der Waals surface area contributed by atoms with Gasteiger partial charge in [0.25, 0.3) is 0 Å². The molecule has 2 N–H and O–H groups in total. The van der Waals surface area contributed by atoms with Gasteiger partial charge in [-0.15, -0.1) is 0 Å². The lowest BCUT2D eigenvalue weighted by molar-refractivity contribution is 0.372. The van der Waals surface area contributed by atoms with Gasteiger partial charge in [-0.25, -0.2) is 0 Å². The number of methoxy groups -OCH3 is 1. The summed E-state index contributed by atoms with van der Waals surface area (Å²) in [5, 5.41) is 13.1. The average molecular weight is 271 g/mol. The third-order valence-electron chi connectivity index (χ3n) is 3.44. The zero-order valence-corrected chi connectivity index (χ0v) is 12.2. The summed E-state index contributed by atoms with van der Waals surface area (Å²) in [6.45, 7) is 4.99. The van der Waals surface area contributed by atoms with E-state index in [-0.39, 0.29) is 11.8 Å². The normalized spacial score (nSPS) is 12.2. The Morgan fingerprint density at radius 2 is 1.85 bits per heavy atom. The van der Waals surface area contributed by atoms with Crippen LogP contribution in [0.3, 0.4) is 0 Å². The summed E-state index contributed by atoms with van der Waals surface area (Å²) in [5.41, 5.74) is 3.62. The Morgan fingerprint density at radius 1 is 1.15 bits per heavy atom. The molecule has 3 heteroatoms. The molecular formula is C17H21NO2. The van der Waals surface area contributed by atoms with Crippen molar-refractivity contribution in [2.75, 3.05) is 7.11 Å². The van der Waals surface area contributed by atoms with Gasteiger partial charge < -0.3 is 15.2 Å². The maximum Gasteiger partial charge on any atom is 0.160 e. The molecule has 0 aliphatic heterocycles. The van der Waals surface area contributed by atoms with Crippen LogP contribution in [0, 0.1) is 6.92 Å². The first-order valence-electron chi connectivity index (χ1n) is 6.76. The van der Waals surface area contributed by atoms with Crippen LogP contribution in [0.25, 0.3) is 0 Å². The Balaban J connectivity index is 2.01. The van der Waals surface area contributed by atoms with E-state index >= 15 is 0 Å². The summed E-state index contributed by atoms with van der Waals surface area (Å²) in [4.78, 5) is 0. The topological polar surface area (TPSA) is 41.5 Å². The zero-order valence-electron chi connectivity index (χ0n) is 12.2. The van der Waals surface area contributed by atoms with E-state index in [0.29, 0.717) is 5.75 Å². The SMILES string of the molecule is COc1cc(C(C)NCc2ccc(C)cc2)ccc1O. The number of aromatic hydroxyl groups is 1. The van der Waals surface area contributed by atoms with Crippen LogP contribution in [0.5, 0.6) is 11.5 Å². The average Bonchev–Trinajstić information content (AvgIpc) is 2.47. The predicted octanol–water partition coefficient (Wildman–Crippen LogP) is 3.56. The molecule has 2 rings (SSSR count). The number of hydrogen-bond acceptors (Lipinski definition) is 3. The first-order valence-corrected chi connectivity index (χ1v) is 6.76. The van der Waals surface area contributed by atoms with Crippen molar-refractivity contribution in [3.8, 4) is 11.5 Å². The van der Waals surface area contributed by atoms with E-state index in [1.54, 1.807) is 13.2 Å². The molecule has 0 fully saturated rings. The van der Waals surface area contributed by atoms with E-state index in [0.717, 1.165) is 12.1 Å². The van der Waals surface area contributed by atoms with Gasteiger partial charge in [0.15, 0.2) is 11.5 Å². The molecule has 20 heavy (non-hydrogen) atoms. The molecule has 1 atom stereocenters. The van der Waals surface area contributed by atoms with Gasteiger partial charge in [0, 0.05) is 12.6 Å². The largest absolute Gasteiger partial charge is 0.504 e. The number of hydrogen-bond donors (Lipinski definition) is 2. The van der Waals surface area contributed by atoms with Gasteiger partial charge in [-0.2, -0.15) is 0 Å². The number of rotatable bonds is 5. The van der Waals surface area contributed by atoms with E-state index in [1.165, 1.54) is 11.1 Å². The Bertz CT molecular complexity index is 564. The molecule has 0 saturated heterocycles. The number of benzene rings is 2. The minimum atomic E-state index is 0.169. The molecule has 0 bridgehead atoms. The Kier molecular flexibility index (Phi) is 4.64. The van der Waals surface area contributed by atoms with Crippen LogP contribution >= 0.6 is 0 Å². The van der Waals surface area contributed by atoms with Gasteiger partial charge in [-0.05, 0) is 37.1 Å². The van der Waals surface area contributed by atoms with Crippen molar-refractivity contribution in [3.05, 3.63) is 59.2 Å². The highest BCUT2D eigenvalue weighted by molar-refractivity contribution is 5.42. The number of phenols is 1. The van der Waals surface area contributed by atoms with Crippen molar-refractivity contribution in [2.45, 2.75) is 26.4 Å². The summed E-state index contributed by atoms with van der Waals surface area (Å²) in [7, 11) is 1.56. The van der Waals surface area contributed by atoms with Crippen molar-refractivity contribution < 1.29 is 9.84 Å². The standard InChI is InChI=1S/C17H21NO2/c1-12-4-6-14(7-5-12)11-18-13(2)15-8-9-16(19)17(10-15)20-3/h4-10,13,18-19H,11H2,1-3H3. The fourth-order valence-corrected chi connectivity index (χ4v) is 2.06. The quantitative estimate of drug-likeness (QED) is 0.873. The second-order valence-electron chi connectivity index (χ2n) is 5.02. The third kappa shape index (κ3) is 3.52. The van der Waals surface area contributed by atoms with Crippen molar-refractivity contribution in [1.29, 1.82) is 0 Å². The molecule has 0 spiro atoms. The summed E-state index contributed by atoms with van der Waals surface area (Å²) in [6.07, 6.45) is 0. The van der Waals surface area contributed by atoms with Crippen molar-refractivity contribution in [1.82, 2.24) is 5.32 Å². The van der Waals surface area contributed by atoms with Crippen LogP contribution in [-0.2, 0) is 6.54 Å². The van der Waals surface area contributed by atoms with Crippen molar-refractivity contribution in [2.24, 2.45) is 0 Å². The molecule has 3 nitrogen and oxygen atoms in total. The number of ether oxygens (including phenoxy) is 1. The highest BCUT2D eigenvalue weighted by atomic mass is 16.5. The van der Waals surface area contributed by atoms with Crippen LogP contribution in [0.1, 0.15) is 29.7 Å². The van der Waals surface area contributed by atoms with Gasteiger partial charge in [0.05, 0.1) is 7.11 Å². The van der Waals surface area contributed by atoms with E-state index in [1.807, 2.05) is 12.1 Å². The molecule has 1 unspecified atom stereocenters. The predicted molar refractivity (Wildman–Crippen MR) is 81.1 cm³/mol. The fraction of sp³-hybridized carbons (Fsp3) is 0.294. The van der Waals surface area contributed by atoms with Crippen molar-refractivity contribution in [3.63, 3.8) is 0 Å². The number of nitrogens with one attached hydrogen (secondary N) is 1. The van der Waals surface area contributed by atoms with Gasteiger partial charge in [0.1, 0.15) is 0 Å². The highest BCUT2D eigenvalue weighted by Gasteiger charge is 2.08. The lowest BCUT2D eigenvalue weighted by atomic mass is 10.1. The molecule has 0 radical (unpaired) electrons.